The highest BCUT2D eigenvalue weighted by molar-refractivity contribution is 6.52. The van der Waals surface area contributed by atoms with Crippen LogP contribution in [0.25, 0.3) is 0 Å². The summed E-state index contributed by atoms with van der Waals surface area (Å²) >= 11 is 0. The third-order valence-corrected chi connectivity index (χ3v) is 4.04. The SMILES string of the molecule is O=C1C(=O)N(CN2CCCC(CF)C2)c2ccccc21. The molecule has 1 fully saturated rings. The van der Waals surface area contributed by atoms with Crippen LogP contribution in [0.3, 0.4) is 0 Å². The van der Waals surface area contributed by atoms with Gasteiger partial charge in [0.05, 0.1) is 24.6 Å². The van der Waals surface area contributed by atoms with Gasteiger partial charge in [-0.1, -0.05) is 12.1 Å². The maximum absolute atomic E-state index is 12.8. The molecule has 3 rings (SSSR count). The van der Waals surface area contributed by atoms with Crippen molar-refractivity contribution in [2.45, 2.75) is 12.8 Å². The fourth-order valence-corrected chi connectivity index (χ4v) is 2.99. The minimum absolute atomic E-state index is 0.0485. The maximum Gasteiger partial charge on any atom is 0.300 e. The van der Waals surface area contributed by atoms with Crippen LogP contribution in [0.4, 0.5) is 10.1 Å². The van der Waals surface area contributed by atoms with E-state index in [0.29, 0.717) is 24.5 Å². The van der Waals surface area contributed by atoms with Crippen molar-refractivity contribution in [3.05, 3.63) is 29.8 Å². The van der Waals surface area contributed by atoms with E-state index in [1.807, 2.05) is 6.07 Å². The van der Waals surface area contributed by atoms with Gasteiger partial charge in [0.25, 0.3) is 5.78 Å². The number of alkyl halides is 1. The van der Waals surface area contributed by atoms with Gasteiger partial charge < -0.3 is 0 Å². The zero-order chi connectivity index (χ0) is 14.1. The minimum Gasteiger partial charge on any atom is -0.291 e. The van der Waals surface area contributed by atoms with Crippen molar-refractivity contribution in [1.29, 1.82) is 0 Å². The fraction of sp³-hybridized carbons (Fsp3) is 0.467. The van der Waals surface area contributed by atoms with E-state index in [4.69, 9.17) is 0 Å². The van der Waals surface area contributed by atoms with Crippen LogP contribution in [0.15, 0.2) is 24.3 Å². The molecule has 0 spiro atoms. The van der Waals surface area contributed by atoms with E-state index in [0.717, 1.165) is 19.4 Å². The Labute approximate surface area is 117 Å². The molecule has 0 N–H and O–H groups in total. The molecule has 1 aromatic rings. The smallest absolute Gasteiger partial charge is 0.291 e. The Hall–Kier alpha value is -1.75. The lowest BCUT2D eigenvalue weighted by atomic mass is 10.00. The van der Waals surface area contributed by atoms with Gasteiger partial charge in [0, 0.05) is 12.5 Å². The summed E-state index contributed by atoms with van der Waals surface area (Å²) in [4.78, 5) is 27.5. The topological polar surface area (TPSA) is 40.6 Å². The number of carbonyl (C=O) groups is 2. The predicted octanol–water partition coefficient (Wildman–Crippen LogP) is 1.85. The highest BCUT2D eigenvalue weighted by Crippen LogP contribution is 2.29. The molecular weight excluding hydrogens is 259 g/mol. The molecule has 2 aliphatic heterocycles. The summed E-state index contributed by atoms with van der Waals surface area (Å²) < 4.78 is 12.8. The molecule has 4 nitrogen and oxygen atoms in total. The molecule has 0 aromatic heterocycles. The van der Waals surface area contributed by atoms with Crippen LogP contribution in [-0.2, 0) is 4.79 Å². The van der Waals surface area contributed by atoms with Gasteiger partial charge in [0.15, 0.2) is 0 Å². The van der Waals surface area contributed by atoms with Gasteiger partial charge in [0.2, 0.25) is 0 Å². The second-order valence-corrected chi connectivity index (χ2v) is 5.46. The van der Waals surface area contributed by atoms with Crippen LogP contribution in [0.5, 0.6) is 0 Å². The molecule has 0 aliphatic carbocycles. The minimum atomic E-state index is -0.478. The standard InChI is InChI=1S/C15H17FN2O2/c16-8-11-4-3-7-17(9-11)10-18-13-6-2-1-5-12(13)14(19)15(18)20/h1-2,5-6,11H,3-4,7-10H2. The lowest BCUT2D eigenvalue weighted by molar-refractivity contribution is -0.114. The van der Waals surface area contributed by atoms with Crippen molar-refractivity contribution in [2.24, 2.45) is 5.92 Å². The Morgan fingerprint density at radius 3 is 2.85 bits per heavy atom. The second-order valence-electron chi connectivity index (χ2n) is 5.46. The molecule has 0 radical (unpaired) electrons. The van der Waals surface area contributed by atoms with Crippen molar-refractivity contribution < 1.29 is 14.0 Å². The summed E-state index contributed by atoms with van der Waals surface area (Å²) in [6, 6.07) is 7.04. The number of piperidine rings is 1. The zero-order valence-corrected chi connectivity index (χ0v) is 11.2. The summed E-state index contributed by atoms with van der Waals surface area (Å²) in [6.45, 7) is 1.55. The van der Waals surface area contributed by atoms with Gasteiger partial charge in [-0.3, -0.25) is 23.8 Å². The monoisotopic (exact) mass is 276 g/mol. The summed E-state index contributed by atoms with van der Waals surface area (Å²) in [5.74, 6) is -0.874. The lowest BCUT2D eigenvalue weighted by Gasteiger charge is -2.34. The third kappa shape index (κ3) is 2.22. The van der Waals surface area contributed by atoms with Crippen LogP contribution in [0.1, 0.15) is 23.2 Å². The number of benzene rings is 1. The van der Waals surface area contributed by atoms with E-state index < -0.39 is 11.7 Å². The molecule has 2 aliphatic rings. The molecule has 106 valence electrons. The summed E-state index contributed by atoms with van der Waals surface area (Å²) in [5.41, 5.74) is 1.14. The molecule has 0 bridgehead atoms. The van der Waals surface area contributed by atoms with Crippen LogP contribution < -0.4 is 4.90 Å². The average Bonchev–Trinajstić information content (AvgIpc) is 2.73. The van der Waals surface area contributed by atoms with Crippen LogP contribution in [0, 0.1) is 5.92 Å². The Balaban J connectivity index is 1.78. The Kier molecular flexibility index (Phi) is 3.53. The molecule has 1 amide bonds. The fourth-order valence-electron chi connectivity index (χ4n) is 2.99. The first kappa shape index (κ1) is 13.2. The maximum atomic E-state index is 12.8. The number of hydrogen-bond donors (Lipinski definition) is 0. The Morgan fingerprint density at radius 1 is 1.25 bits per heavy atom. The number of rotatable bonds is 3. The first-order valence-corrected chi connectivity index (χ1v) is 6.94. The van der Waals surface area contributed by atoms with Gasteiger partial charge in [-0.05, 0) is 31.5 Å². The quantitative estimate of drug-likeness (QED) is 0.791. The van der Waals surface area contributed by atoms with Gasteiger partial charge in [-0.15, -0.1) is 0 Å². The zero-order valence-electron chi connectivity index (χ0n) is 11.2. The number of nitrogens with zero attached hydrogens (tertiary/aromatic N) is 2. The summed E-state index contributed by atoms with van der Waals surface area (Å²) in [6.07, 6.45) is 1.84. The molecule has 1 saturated heterocycles. The number of amides is 1. The number of para-hydroxylation sites is 1. The molecule has 2 heterocycles. The third-order valence-electron chi connectivity index (χ3n) is 4.04. The number of halogens is 1. The normalized spacial score (nSPS) is 23.2. The largest absolute Gasteiger partial charge is 0.300 e. The number of carbonyl (C=O) groups excluding carboxylic acids is 2. The molecule has 1 atom stereocenters. The van der Waals surface area contributed by atoms with Crippen molar-refractivity contribution >= 4 is 17.4 Å². The van der Waals surface area contributed by atoms with Crippen molar-refractivity contribution in [3.8, 4) is 0 Å². The van der Waals surface area contributed by atoms with Crippen molar-refractivity contribution in [1.82, 2.24) is 4.90 Å². The summed E-state index contributed by atoms with van der Waals surface area (Å²) in [7, 11) is 0. The van der Waals surface area contributed by atoms with Crippen LogP contribution in [0.2, 0.25) is 0 Å². The van der Waals surface area contributed by atoms with E-state index in [9.17, 15) is 14.0 Å². The van der Waals surface area contributed by atoms with E-state index in [-0.39, 0.29) is 12.6 Å². The number of hydrogen-bond acceptors (Lipinski definition) is 3. The highest BCUT2D eigenvalue weighted by Gasteiger charge is 2.36. The van der Waals surface area contributed by atoms with Gasteiger partial charge in [0.1, 0.15) is 0 Å². The number of likely N-dealkylation sites (tertiary alicyclic amines) is 1. The average molecular weight is 276 g/mol. The number of fused-ring (bicyclic) bond motifs is 1. The number of Topliss-reactive ketones (excluding diaryl/α,β-unsaturated/α-hetero) is 1. The highest BCUT2D eigenvalue weighted by atomic mass is 19.1. The lowest BCUT2D eigenvalue weighted by Crippen LogP contribution is -2.45. The molecule has 1 aromatic carbocycles. The van der Waals surface area contributed by atoms with E-state index >= 15 is 0 Å². The Bertz CT molecular complexity index is 546. The predicted molar refractivity (Wildman–Crippen MR) is 73.4 cm³/mol. The molecule has 20 heavy (non-hydrogen) atoms. The molecule has 0 saturated carbocycles. The first-order valence-electron chi connectivity index (χ1n) is 6.94. The molecule has 5 heteroatoms. The first-order chi connectivity index (χ1) is 9.70. The van der Waals surface area contributed by atoms with Crippen molar-refractivity contribution in [3.63, 3.8) is 0 Å². The van der Waals surface area contributed by atoms with Gasteiger partial charge >= 0.3 is 5.91 Å². The van der Waals surface area contributed by atoms with E-state index in [1.165, 1.54) is 4.90 Å². The number of anilines is 1. The van der Waals surface area contributed by atoms with Crippen LogP contribution >= 0.6 is 0 Å². The van der Waals surface area contributed by atoms with E-state index in [2.05, 4.69) is 4.90 Å². The molecule has 1 unspecified atom stereocenters. The van der Waals surface area contributed by atoms with Gasteiger partial charge in [-0.25, -0.2) is 0 Å². The van der Waals surface area contributed by atoms with Crippen molar-refractivity contribution in [2.75, 3.05) is 31.3 Å². The van der Waals surface area contributed by atoms with Gasteiger partial charge in [-0.2, -0.15) is 0 Å². The summed E-state index contributed by atoms with van der Waals surface area (Å²) in [5, 5.41) is 0. The van der Waals surface area contributed by atoms with E-state index in [1.54, 1.807) is 18.2 Å². The number of ketones is 1. The molecular formula is C15H17FN2O2. The Morgan fingerprint density at radius 2 is 2.05 bits per heavy atom. The van der Waals surface area contributed by atoms with Crippen LogP contribution in [-0.4, -0.2) is 43.0 Å². The second kappa shape index (κ2) is 5.32.